The highest BCUT2D eigenvalue weighted by molar-refractivity contribution is 6.00. The van der Waals surface area contributed by atoms with Gasteiger partial charge in [-0.2, -0.15) is 0 Å². The maximum absolute atomic E-state index is 12.4. The molecule has 0 bridgehead atoms. The molecule has 0 spiro atoms. The Labute approximate surface area is 142 Å². The van der Waals surface area contributed by atoms with Crippen LogP contribution in [0.3, 0.4) is 0 Å². The van der Waals surface area contributed by atoms with E-state index in [1.165, 1.54) is 17.5 Å². The molecule has 2 saturated heterocycles. The standard InChI is InChI=1S/C19H24N2O3/c22-18-10-15(19(23)20-11-17-5-2-8-24-17)12-21(18)16-7-6-13-3-1-4-14(13)9-16/h6-7,9,15,17H,1-5,8,10-12H2,(H,20,23)/t15-,17-/m0/s1. The van der Waals surface area contributed by atoms with Crippen molar-refractivity contribution in [2.24, 2.45) is 5.92 Å². The molecule has 1 N–H and O–H groups in total. The molecule has 4 rings (SSSR count). The van der Waals surface area contributed by atoms with Crippen molar-refractivity contribution in [3.05, 3.63) is 29.3 Å². The number of amides is 2. The number of aryl methyl sites for hydroxylation is 2. The lowest BCUT2D eigenvalue weighted by molar-refractivity contribution is -0.126. The Hall–Kier alpha value is -1.88. The van der Waals surface area contributed by atoms with Crippen LogP contribution < -0.4 is 10.2 Å². The van der Waals surface area contributed by atoms with Gasteiger partial charge in [-0.25, -0.2) is 0 Å². The van der Waals surface area contributed by atoms with Crippen LogP contribution in [-0.4, -0.2) is 37.6 Å². The largest absolute Gasteiger partial charge is 0.376 e. The van der Waals surface area contributed by atoms with Crippen LogP contribution in [0.15, 0.2) is 18.2 Å². The molecule has 3 aliphatic rings. The van der Waals surface area contributed by atoms with Crippen LogP contribution in [0.5, 0.6) is 0 Å². The van der Waals surface area contributed by atoms with Gasteiger partial charge in [-0.1, -0.05) is 6.07 Å². The SMILES string of the molecule is O=C(NC[C@@H]1CCCO1)[C@H]1CC(=O)N(c2ccc3c(c2)CCC3)C1. The van der Waals surface area contributed by atoms with E-state index in [4.69, 9.17) is 4.74 Å². The Bertz CT molecular complexity index is 652. The number of carbonyl (C=O) groups is 2. The number of benzene rings is 1. The molecular weight excluding hydrogens is 304 g/mol. The van der Waals surface area contributed by atoms with Gasteiger partial charge in [-0.05, 0) is 55.4 Å². The fraction of sp³-hybridized carbons (Fsp3) is 0.579. The third-order valence-electron chi connectivity index (χ3n) is 5.42. The molecule has 2 fully saturated rings. The van der Waals surface area contributed by atoms with Crippen LogP contribution in [0.1, 0.15) is 36.8 Å². The molecule has 24 heavy (non-hydrogen) atoms. The van der Waals surface area contributed by atoms with Crippen LogP contribution in [-0.2, 0) is 27.2 Å². The van der Waals surface area contributed by atoms with E-state index < -0.39 is 0 Å². The highest BCUT2D eigenvalue weighted by atomic mass is 16.5. The van der Waals surface area contributed by atoms with Crippen LogP contribution in [0.2, 0.25) is 0 Å². The van der Waals surface area contributed by atoms with E-state index >= 15 is 0 Å². The Morgan fingerprint density at radius 1 is 1.25 bits per heavy atom. The predicted molar refractivity (Wildman–Crippen MR) is 90.9 cm³/mol. The molecule has 0 unspecified atom stereocenters. The summed E-state index contributed by atoms with van der Waals surface area (Å²) in [5.41, 5.74) is 3.69. The number of fused-ring (bicyclic) bond motifs is 1. The smallest absolute Gasteiger partial charge is 0.227 e. The van der Waals surface area contributed by atoms with Gasteiger partial charge in [-0.15, -0.1) is 0 Å². The Kier molecular flexibility index (Phi) is 4.27. The highest BCUT2D eigenvalue weighted by Crippen LogP contribution is 2.30. The minimum atomic E-state index is -0.257. The normalized spacial score (nSPS) is 26.0. The van der Waals surface area contributed by atoms with Crippen LogP contribution >= 0.6 is 0 Å². The van der Waals surface area contributed by atoms with Crippen molar-refractivity contribution in [2.75, 3.05) is 24.6 Å². The summed E-state index contributed by atoms with van der Waals surface area (Å²) in [4.78, 5) is 26.5. The Morgan fingerprint density at radius 2 is 2.12 bits per heavy atom. The number of carbonyl (C=O) groups excluding carboxylic acids is 2. The topological polar surface area (TPSA) is 58.6 Å². The maximum Gasteiger partial charge on any atom is 0.227 e. The first-order valence-corrected chi connectivity index (χ1v) is 9.02. The van der Waals surface area contributed by atoms with E-state index in [0.717, 1.165) is 38.0 Å². The summed E-state index contributed by atoms with van der Waals surface area (Å²) >= 11 is 0. The second kappa shape index (κ2) is 6.55. The number of hydrogen-bond acceptors (Lipinski definition) is 3. The lowest BCUT2D eigenvalue weighted by Gasteiger charge is -2.18. The molecule has 0 aromatic heterocycles. The number of nitrogens with one attached hydrogen (secondary N) is 1. The molecule has 2 heterocycles. The number of rotatable bonds is 4. The van der Waals surface area contributed by atoms with Gasteiger partial charge in [-0.3, -0.25) is 9.59 Å². The molecule has 128 valence electrons. The number of ether oxygens (including phenoxy) is 1. The molecule has 2 aliphatic heterocycles. The summed E-state index contributed by atoms with van der Waals surface area (Å²) in [7, 11) is 0. The lowest BCUT2D eigenvalue weighted by Crippen LogP contribution is -2.37. The zero-order chi connectivity index (χ0) is 16.5. The first-order valence-electron chi connectivity index (χ1n) is 9.02. The monoisotopic (exact) mass is 328 g/mol. The van der Waals surface area contributed by atoms with E-state index in [1.54, 1.807) is 4.90 Å². The summed E-state index contributed by atoms with van der Waals surface area (Å²) in [6.45, 7) is 1.83. The molecular formula is C19H24N2O3. The van der Waals surface area contributed by atoms with Crippen molar-refractivity contribution in [1.82, 2.24) is 5.32 Å². The number of anilines is 1. The van der Waals surface area contributed by atoms with Crippen molar-refractivity contribution >= 4 is 17.5 Å². The number of nitrogens with zero attached hydrogens (tertiary/aromatic N) is 1. The van der Waals surface area contributed by atoms with E-state index in [9.17, 15) is 9.59 Å². The fourth-order valence-corrected chi connectivity index (χ4v) is 4.02. The molecule has 2 amide bonds. The van der Waals surface area contributed by atoms with E-state index in [-0.39, 0.29) is 23.8 Å². The third-order valence-corrected chi connectivity index (χ3v) is 5.42. The lowest BCUT2D eigenvalue weighted by atomic mass is 10.1. The summed E-state index contributed by atoms with van der Waals surface area (Å²) in [6, 6.07) is 6.29. The molecule has 1 aromatic carbocycles. The highest BCUT2D eigenvalue weighted by Gasteiger charge is 2.35. The minimum absolute atomic E-state index is 0.0255. The molecule has 1 aliphatic carbocycles. The van der Waals surface area contributed by atoms with E-state index in [2.05, 4.69) is 17.4 Å². The van der Waals surface area contributed by atoms with Crippen LogP contribution in [0.4, 0.5) is 5.69 Å². The van der Waals surface area contributed by atoms with Crippen molar-refractivity contribution < 1.29 is 14.3 Å². The summed E-state index contributed by atoms with van der Waals surface area (Å²) in [5, 5.41) is 2.96. The Morgan fingerprint density at radius 3 is 2.96 bits per heavy atom. The predicted octanol–water partition coefficient (Wildman–Crippen LogP) is 1.82. The quantitative estimate of drug-likeness (QED) is 0.917. The average Bonchev–Trinajstić information content (AvgIpc) is 3.32. The Balaban J connectivity index is 1.38. The molecule has 0 saturated carbocycles. The first-order chi connectivity index (χ1) is 11.7. The maximum atomic E-state index is 12.4. The van der Waals surface area contributed by atoms with Crippen molar-refractivity contribution in [3.63, 3.8) is 0 Å². The van der Waals surface area contributed by atoms with Gasteiger partial charge >= 0.3 is 0 Å². The van der Waals surface area contributed by atoms with Gasteiger partial charge in [0.15, 0.2) is 0 Å². The zero-order valence-electron chi connectivity index (χ0n) is 13.9. The average molecular weight is 328 g/mol. The fourth-order valence-electron chi connectivity index (χ4n) is 4.02. The van der Waals surface area contributed by atoms with Crippen molar-refractivity contribution in [2.45, 2.75) is 44.6 Å². The zero-order valence-corrected chi connectivity index (χ0v) is 13.9. The summed E-state index contributed by atoms with van der Waals surface area (Å²) in [5.74, 6) is -0.236. The van der Waals surface area contributed by atoms with Gasteiger partial charge in [0.2, 0.25) is 11.8 Å². The van der Waals surface area contributed by atoms with E-state index in [0.29, 0.717) is 19.5 Å². The first kappa shape index (κ1) is 15.6. The van der Waals surface area contributed by atoms with E-state index in [1.807, 2.05) is 6.07 Å². The summed E-state index contributed by atoms with van der Waals surface area (Å²) < 4.78 is 5.53. The second-order valence-corrected chi connectivity index (χ2v) is 7.09. The van der Waals surface area contributed by atoms with Gasteiger partial charge in [0.25, 0.3) is 0 Å². The van der Waals surface area contributed by atoms with Gasteiger partial charge in [0.05, 0.1) is 12.0 Å². The molecule has 2 atom stereocenters. The molecule has 0 radical (unpaired) electrons. The van der Waals surface area contributed by atoms with Crippen LogP contribution in [0.25, 0.3) is 0 Å². The molecule has 1 aromatic rings. The van der Waals surface area contributed by atoms with Gasteiger partial charge in [0.1, 0.15) is 0 Å². The van der Waals surface area contributed by atoms with Gasteiger partial charge < -0.3 is 15.0 Å². The van der Waals surface area contributed by atoms with Crippen LogP contribution in [0, 0.1) is 5.92 Å². The van der Waals surface area contributed by atoms with Crippen molar-refractivity contribution in [1.29, 1.82) is 0 Å². The molecule has 5 heteroatoms. The minimum Gasteiger partial charge on any atom is -0.376 e. The van der Waals surface area contributed by atoms with Crippen molar-refractivity contribution in [3.8, 4) is 0 Å². The summed E-state index contributed by atoms with van der Waals surface area (Å²) in [6.07, 6.45) is 5.93. The number of hydrogen-bond donors (Lipinski definition) is 1. The molecule has 5 nitrogen and oxygen atoms in total. The van der Waals surface area contributed by atoms with Gasteiger partial charge in [0, 0.05) is 31.8 Å². The second-order valence-electron chi connectivity index (χ2n) is 7.09. The third kappa shape index (κ3) is 3.05.